The van der Waals surface area contributed by atoms with Crippen molar-refractivity contribution in [2.24, 2.45) is 0 Å². The Balaban J connectivity index is 1.13. The number of hydrogen-bond donors (Lipinski definition) is 0. The van der Waals surface area contributed by atoms with E-state index in [0.29, 0.717) is 17.5 Å². The van der Waals surface area contributed by atoms with E-state index in [4.69, 9.17) is 19.4 Å². The van der Waals surface area contributed by atoms with Crippen LogP contribution in [0.1, 0.15) is 0 Å². The van der Waals surface area contributed by atoms with E-state index in [1.807, 2.05) is 60.7 Å². The van der Waals surface area contributed by atoms with Crippen LogP contribution >= 0.6 is 0 Å². The Morgan fingerprint density at radius 1 is 0.353 bits per heavy atom. The first-order valence-corrected chi connectivity index (χ1v) is 17.1. The molecular weight excluding hydrogens is 623 g/mol. The molecule has 10 rings (SSSR count). The molecule has 0 bridgehead atoms. The molecule has 0 saturated carbocycles. The average molecular weight is 652 g/mol. The van der Waals surface area contributed by atoms with Crippen LogP contribution in [0.15, 0.2) is 180 Å². The van der Waals surface area contributed by atoms with Gasteiger partial charge in [-0.3, -0.25) is 0 Å². The van der Waals surface area contributed by atoms with E-state index in [1.165, 1.54) is 21.5 Å². The number of aromatic nitrogens is 3. The topological polar surface area (TPSA) is 51.8 Å². The molecule has 0 saturated heterocycles. The van der Waals surface area contributed by atoms with Crippen molar-refractivity contribution in [2.75, 3.05) is 0 Å². The van der Waals surface area contributed by atoms with Gasteiger partial charge in [0.2, 0.25) is 0 Å². The van der Waals surface area contributed by atoms with Gasteiger partial charge in [0.1, 0.15) is 11.2 Å². The smallest absolute Gasteiger partial charge is 0.164 e. The van der Waals surface area contributed by atoms with Crippen LogP contribution in [0.3, 0.4) is 0 Å². The quantitative estimate of drug-likeness (QED) is 0.186. The third-order valence-electron chi connectivity index (χ3n) is 9.70. The summed E-state index contributed by atoms with van der Waals surface area (Å²) in [5.41, 5.74) is 9.04. The lowest BCUT2D eigenvalue weighted by molar-refractivity contribution is 0.670. The zero-order valence-electron chi connectivity index (χ0n) is 27.5. The first-order chi connectivity index (χ1) is 25.3. The number of fused-ring (bicyclic) bond motifs is 5. The average Bonchev–Trinajstić information content (AvgIpc) is 3.58. The van der Waals surface area contributed by atoms with E-state index in [1.54, 1.807) is 0 Å². The molecule has 0 atom stereocenters. The first-order valence-electron chi connectivity index (χ1n) is 17.1. The third kappa shape index (κ3) is 5.04. The van der Waals surface area contributed by atoms with Crippen molar-refractivity contribution in [3.63, 3.8) is 0 Å². The Kier molecular flexibility index (Phi) is 6.78. The minimum Gasteiger partial charge on any atom is -0.455 e. The highest BCUT2D eigenvalue weighted by molar-refractivity contribution is 6.21. The maximum Gasteiger partial charge on any atom is 0.164 e. The molecule has 0 unspecified atom stereocenters. The summed E-state index contributed by atoms with van der Waals surface area (Å²) in [6.45, 7) is 0. The summed E-state index contributed by atoms with van der Waals surface area (Å²) in [5.74, 6) is 1.92. The maximum atomic E-state index is 6.80. The zero-order valence-corrected chi connectivity index (χ0v) is 27.5. The summed E-state index contributed by atoms with van der Waals surface area (Å²) in [6.07, 6.45) is 0. The molecule has 10 aromatic rings. The monoisotopic (exact) mass is 651 g/mol. The fraction of sp³-hybridized carbons (Fsp3) is 0. The Morgan fingerprint density at radius 2 is 0.902 bits per heavy atom. The van der Waals surface area contributed by atoms with Crippen LogP contribution in [0.25, 0.3) is 99.9 Å². The molecule has 2 heterocycles. The van der Waals surface area contributed by atoms with Crippen LogP contribution in [0.4, 0.5) is 0 Å². The van der Waals surface area contributed by atoms with Gasteiger partial charge in [-0.05, 0) is 56.4 Å². The van der Waals surface area contributed by atoms with Gasteiger partial charge >= 0.3 is 0 Å². The van der Waals surface area contributed by atoms with Gasteiger partial charge in [-0.25, -0.2) is 15.0 Å². The SMILES string of the molecule is c1ccc(-c2nc(-c3ccccc3)nc(-c3ccc(-c4cccc5oc6c(-c7ccc8ccccc8c7)c7ccccc7cc6c45)cc3)n2)cc1. The Morgan fingerprint density at radius 3 is 1.59 bits per heavy atom. The van der Waals surface area contributed by atoms with E-state index >= 15 is 0 Å². The van der Waals surface area contributed by atoms with Crippen LogP contribution in [0, 0.1) is 0 Å². The van der Waals surface area contributed by atoms with Crippen molar-refractivity contribution in [1.82, 2.24) is 15.0 Å². The maximum absolute atomic E-state index is 6.80. The van der Waals surface area contributed by atoms with Crippen LogP contribution in [-0.4, -0.2) is 15.0 Å². The molecular formula is C47H29N3O. The van der Waals surface area contributed by atoms with Crippen molar-refractivity contribution < 1.29 is 4.42 Å². The van der Waals surface area contributed by atoms with Crippen LogP contribution in [0.2, 0.25) is 0 Å². The predicted molar refractivity (Wildman–Crippen MR) is 209 cm³/mol. The fourth-order valence-corrected chi connectivity index (χ4v) is 7.23. The standard InChI is InChI=1S/C47H29N3O/c1-3-13-32(14-4-1)45-48-46(33-15-5-2-6-16-33)50-47(49-45)34-25-23-31(24-26-34)38-20-11-21-41-43(38)40-29-36-18-9-10-19-39(36)42(44(40)51-41)37-27-22-30-12-7-8-17-35(30)28-37/h1-29H. The number of rotatable bonds is 5. The van der Waals surface area contributed by atoms with Crippen molar-refractivity contribution in [3.05, 3.63) is 176 Å². The van der Waals surface area contributed by atoms with Gasteiger partial charge in [-0.15, -0.1) is 0 Å². The predicted octanol–water partition coefficient (Wildman–Crippen LogP) is 12.4. The zero-order chi connectivity index (χ0) is 33.7. The van der Waals surface area contributed by atoms with Gasteiger partial charge < -0.3 is 4.42 Å². The van der Waals surface area contributed by atoms with Crippen LogP contribution in [-0.2, 0) is 0 Å². The van der Waals surface area contributed by atoms with Crippen molar-refractivity contribution in [1.29, 1.82) is 0 Å². The van der Waals surface area contributed by atoms with Crippen molar-refractivity contribution in [3.8, 4) is 56.4 Å². The third-order valence-corrected chi connectivity index (χ3v) is 9.70. The Hall–Kier alpha value is -6.91. The summed E-state index contributed by atoms with van der Waals surface area (Å²) in [4.78, 5) is 14.7. The minimum atomic E-state index is 0.632. The molecule has 238 valence electrons. The van der Waals surface area contributed by atoms with Gasteiger partial charge in [0.05, 0.1) is 0 Å². The summed E-state index contributed by atoms with van der Waals surface area (Å²) in [5, 5.41) is 6.98. The number of nitrogens with zero attached hydrogens (tertiary/aromatic N) is 3. The second-order valence-electron chi connectivity index (χ2n) is 12.8. The van der Waals surface area contributed by atoms with Crippen LogP contribution in [0.5, 0.6) is 0 Å². The first kappa shape index (κ1) is 29.0. The van der Waals surface area contributed by atoms with Gasteiger partial charge in [-0.2, -0.15) is 0 Å². The molecule has 0 spiro atoms. The molecule has 0 radical (unpaired) electrons. The van der Waals surface area contributed by atoms with Crippen LogP contribution < -0.4 is 0 Å². The van der Waals surface area contributed by atoms with Gasteiger partial charge in [-0.1, -0.05) is 158 Å². The second-order valence-corrected chi connectivity index (χ2v) is 12.8. The largest absolute Gasteiger partial charge is 0.455 e. The lowest BCUT2D eigenvalue weighted by Gasteiger charge is -2.10. The molecule has 0 N–H and O–H groups in total. The minimum absolute atomic E-state index is 0.632. The molecule has 0 aliphatic rings. The highest BCUT2D eigenvalue weighted by Crippen LogP contribution is 2.44. The van der Waals surface area contributed by atoms with Gasteiger partial charge in [0, 0.05) is 33.0 Å². The highest BCUT2D eigenvalue weighted by atomic mass is 16.3. The summed E-state index contributed by atoms with van der Waals surface area (Å²) in [7, 11) is 0. The number of furan rings is 1. The summed E-state index contributed by atoms with van der Waals surface area (Å²) < 4.78 is 6.80. The second kappa shape index (κ2) is 11.9. The lowest BCUT2D eigenvalue weighted by Crippen LogP contribution is -2.00. The van der Waals surface area contributed by atoms with E-state index in [0.717, 1.165) is 60.9 Å². The van der Waals surface area contributed by atoms with Crippen molar-refractivity contribution in [2.45, 2.75) is 0 Å². The van der Waals surface area contributed by atoms with E-state index in [2.05, 4.69) is 115 Å². The molecule has 8 aromatic carbocycles. The molecule has 4 nitrogen and oxygen atoms in total. The van der Waals surface area contributed by atoms with E-state index in [9.17, 15) is 0 Å². The highest BCUT2D eigenvalue weighted by Gasteiger charge is 2.20. The fourth-order valence-electron chi connectivity index (χ4n) is 7.23. The van der Waals surface area contributed by atoms with E-state index in [-0.39, 0.29) is 0 Å². The molecule has 51 heavy (non-hydrogen) atoms. The number of hydrogen-bond acceptors (Lipinski definition) is 4. The normalized spacial score (nSPS) is 11.5. The number of benzene rings is 8. The Labute approximate surface area is 294 Å². The summed E-state index contributed by atoms with van der Waals surface area (Å²) >= 11 is 0. The molecule has 4 heteroatoms. The van der Waals surface area contributed by atoms with Gasteiger partial charge in [0.15, 0.2) is 17.5 Å². The van der Waals surface area contributed by atoms with Gasteiger partial charge in [0.25, 0.3) is 0 Å². The van der Waals surface area contributed by atoms with E-state index < -0.39 is 0 Å². The molecule has 0 fully saturated rings. The van der Waals surface area contributed by atoms with Crippen molar-refractivity contribution >= 4 is 43.5 Å². The molecule has 0 aliphatic carbocycles. The molecule has 2 aromatic heterocycles. The molecule has 0 amide bonds. The lowest BCUT2D eigenvalue weighted by atomic mass is 9.92. The molecule has 0 aliphatic heterocycles. The Bertz CT molecular complexity index is 2840. The summed E-state index contributed by atoms with van der Waals surface area (Å²) in [6, 6.07) is 61.0.